The van der Waals surface area contributed by atoms with Crippen LogP contribution in [-0.2, 0) is 19.9 Å². The van der Waals surface area contributed by atoms with Gasteiger partial charge < -0.3 is 5.73 Å². The Kier molecular flexibility index (Phi) is 3.73. The second-order valence-electron chi connectivity index (χ2n) is 4.59. The number of nitrogens with two attached hydrogens (primary N) is 1. The van der Waals surface area contributed by atoms with Gasteiger partial charge in [-0.05, 0) is 25.0 Å². The molecular formula is C11H16N2O4S2. The summed E-state index contributed by atoms with van der Waals surface area (Å²) in [6, 6.07) is 6.56. The number of hydrogen-bond acceptors (Lipinski definition) is 5. The highest BCUT2D eigenvalue weighted by atomic mass is 32.2. The van der Waals surface area contributed by atoms with Crippen molar-refractivity contribution in [3.63, 3.8) is 0 Å². The molecule has 0 saturated carbocycles. The van der Waals surface area contributed by atoms with E-state index in [4.69, 9.17) is 5.73 Å². The Morgan fingerprint density at radius 1 is 1.16 bits per heavy atom. The van der Waals surface area contributed by atoms with E-state index in [1.165, 1.54) is 0 Å². The molecule has 1 aromatic rings. The van der Waals surface area contributed by atoms with E-state index in [2.05, 4.69) is 4.72 Å². The molecule has 0 spiro atoms. The van der Waals surface area contributed by atoms with E-state index in [0.29, 0.717) is 11.4 Å². The van der Waals surface area contributed by atoms with Gasteiger partial charge in [0, 0.05) is 0 Å². The molecule has 1 heterocycles. The number of hydrogen-bond donors (Lipinski definition) is 2. The van der Waals surface area contributed by atoms with Crippen molar-refractivity contribution >= 4 is 31.2 Å². The molecule has 8 heteroatoms. The first kappa shape index (κ1) is 14.1. The molecule has 1 aliphatic heterocycles. The zero-order valence-corrected chi connectivity index (χ0v) is 11.9. The fraction of sp³-hybridized carbons (Fsp3) is 0.455. The maximum Gasteiger partial charge on any atom is 0.235 e. The Morgan fingerprint density at radius 2 is 1.74 bits per heavy atom. The lowest BCUT2D eigenvalue weighted by Crippen LogP contribution is -2.36. The highest BCUT2D eigenvalue weighted by molar-refractivity contribution is 7.94. The quantitative estimate of drug-likeness (QED) is 0.795. The van der Waals surface area contributed by atoms with Crippen molar-refractivity contribution in [2.24, 2.45) is 0 Å². The molecule has 0 unspecified atom stereocenters. The van der Waals surface area contributed by atoms with Crippen molar-refractivity contribution in [3.05, 3.63) is 24.3 Å². The predicted octanol–water partition coefficient (Wildman–Crippen LogP) is 0.588. The first-order valence-electron chi connectivity index (χ1n) is 5.87. The standard InChI is InChI=1S/C11H16N2O4S2/c12-10-3-1-2-4-11(10)13-19(16,17)9-5-7-18(14,15)8-6-9/h1-4,9,13H,5-8,12H2. The first-order valence-corrected chi connectivity index (χ1v) is 9.23. The van der Waals surface area contributed by atoms with E-state index in [9.17, 15) is 16.8 Å². The average Bonchev–Trinajstić information content (AvgIpc) is 2.31. The van der Waals surface area contributed by atoms with Crippen LogP contribution in [0.2, 0.25) is 0 Å². The number of anilines is 2. The lowest BCUT2D eigenvalue weighted by atomic mass is 10.2. The van der Waals surface area contributed by atoms with Crippen molar-refractivity contribution < 1.29 is 16.8 Å². The largest absolute Gasteiger partial charge is 0.397 e. The Morgan fingerprint density at radius 3 is 2.32 bits per heavy atom. The summed E-state index contributed by atoms with van der Waals surface area (Å²) in [7, 11) is -6.68. The van der Waals surface area contributed by atoms with Gasteiger partial charge in [-0.2, -0.15) is 0 Å². The van der Waals surface area contributed by atoms with Gasteiger partial charge in [0.1, 0.15) is 9.84 Å². The van der Waals surface area contributed by atoms with Gasteiger partial charge in [-0.15, -0.1) is 0 Å². The molecule has 1 saturated heterocycles. The van der Waals surface area contributed by atoms with E-state index in [-0.39, 0.29) is 24.3 Å². The maximum absolute atomic E-state index is 12.2. The number of nitrogens with one attached hydrogen (secondary N) is 1. The Labute approximate surface area is 113 Å². The van der Waals surface area contributed by atoms with Crippen LogP contribution in [0.5, 0.6) is 0 Å². The molecule has 0 aliphatic carbocycles. The second kappa shape index (κ2) is 5.01. The number of benzene rings is 1. The third-order valence-corrected chi connectivity index (χ3v) is 6.72. The van der Waals surface area contributed by atoms with Crippen LogP contribution >= 0.6 is 0 Å². The molecule has 0 aromatic heterocycles. The van der Waals surface area contributed by atoms with Crippen molar-refractivity contribution in [1.82, 2.24) is 0 Å². The van der Waals surface area contributed by atoms with Crippen LogP contribution in [0.1, 0.15) is 12.8 Å². The third kappa shape index (κ3) is 3.38. The summed E-state index contributed by atoms with van der Waals surface area (Å²) in [6.45, 7) is 0. The molecule has 2 rings (SSSR count). The minimum atomic E-state index is -3.60. The van der Waals surface area contributed by atoms with Crippen molar-refractivity contribution in [2.45, 2.75) is 18.1 Å². The van der Waals surface area contributed by atoms with Crippen LogP contribution in [0, 0.1) is 0 Å². The van der Waals surface area contributed by atoms with Crippen LogP contribution in [0.4, 0.5) is 11.4 Å². The van der Waals surface area contributed by atoms with Gasteiger partial charge in [-0.25, -0.2) is 16.8 Å². The van der Waals surface area contributed by atoms with Gasteiger partial charge >= 0.3 is 0 Å². The van der Waals surface area contributed by atoms with Gasteiger partial charge in [0.05, 0.1) is 28.1 Å². The van der Waals surface area contributed by atoms with Gasteiger partial charge in [0.2, 0.25) is 10.0 Å². The predicted molar refractivity (Wildman–Crippen MR) is 75.1 cm³/mol. The van der Waals surface area contributed by atoms with E-state index < -0.39 is 25.1 Å². The molecular weight excluding hydrogens is 288 g/mol. The number of sulfone groups is 1. The molecule has 1 aliphatic rings. The van der Waals surface area contributed by atoms with Crippen LogP contribution in [0.25, 0.3) is 0 Å². The van der Waals surface area contributed by atoms with Crippen LogP contribution < -0.4 is 10.5 Å². The van der Waals surface area contributed by atoms with Gasteiger partial charge in [0.25, 0.3) is 0 Å². The van der Waals surface area contributed by atoms with Crippen molar-refractivity contribution in [3.8, 4) is 0 Å². The minimum Gasteiger partial charge on any atom is -0.397 e. The number of nitrogen functional groups attached to an aromatic ring is 1. The fourth-order valence-corrected chi connectivity index (χ4v) is 5.31. The van der Waals surface area contributed by atoms with Crippen LogP contribution in [0.3, 0.4) is 0 Å². The summed E-state index contributed by atoms with van der Waals surface area (Å²) in [5, 5.41) is -0.685. The van der Waals surface area contributed by atoms with Crippen LogP contribution in [0.15, 0.2) is 24.3 Å². The number of sulfonamides is 1. The SMILES string of the molecule is Nc1ccccc1NS(=O)(=O)C1CCS(=O)(=O)CC1. The monoisotopic (exact) mass is 304 g/mol. The van der Waals surface area contributed by atoms with Gasteiger partial charge in [-0.1, -0.05) is 12.1 Å². The summed E-state index contributed by atoms with van der Waals surface area (Å²) in [5.41, 5.74) is 6.35. The van der Waals surface area contributed by atoms with Crippen molar-refractivity contribution in [1.29, 1.82) is 0 Å². The summed E-state index contributed by atoms with van der Waals surface area (Å²) < 4.78 is 49.4. The van der Waals surface area contributed by atoms with E-state index >= 15 is 0 Å². The lowest BCUT2D eigenvalue weighted by molar-refractivity contribution is 0.555. The van der Waals surface area contributed by atoms with E-state index in [0.717, 1.165) is 0 Å². The molecule has 106 valence electrons. The van der Waals surface area contributed by atoms with E-state index in [1.807, 2.05) is 0 Å². The Bertz CT molecular complexity index is 654. The van der Waals surface area contributed by atoms with Crippen LogP contribution in [-0.4, -0.2) is 33.6 Å². The molecule has 0 atom stereocenters. The van der Waals surface area contributed by atoms with Gasteiger partial charge in [0.15, 0.2) is 0 Å². The highest BCUT2D eigenvalue weighted by Crippen LogP contribution is 2.24. The smallest absolute Gasteiger partial charge is 0.235 e. The second-order valence-corrected chi connectivity index (χ2v) is 8.85. The molecule has 19 heavy (non-hydrogen) atoms. The molecule has 0 radical (unpaired) electrons. The molecule has 6 nitrogen and oxygen atoms in total. The summed E-state index contributed by atoms with van der Waals surface area (Å²) in [6.07, 6.45) is 0.259. The average molecular weight is 304 g/mol. The molecule has 0 bridgehead atoms. The summed E-state index contributed by atoms with van der Waals surface area (Å²) in [4.78, 5) is 0. The topological polar surface area (TPSA) is 106 Å². The first-order chi connectivity index (χ1) is 8.80. The van der Waals surface area contributed by atoms with Gasteiger partial charge in [-0.3, -0.25) is 4.72 Å². The normalized spacial score (nSPS) is 20.0. The Balaban J connectivity index is 2.14. The fourth-order valence-electron chi connectivity index (χ4n) is 2.01. The molecule has 0 amide bonds. The highest BCUT2D eigenvalue weighted by Gasteiger charge is 2.32. The molecule has 1 aromatic carbocycles. The minimum absolute atomic E-state index is 0.0805. The zero-order valence-electron chi connectivity index (χ0n) is 10.2. The number of rotatable bonds is 3. The zero-order chi connectivity index (χ0) is 14.1. The third-order valence-electron chi connectivity index (χ3n) is 3.15. The maximum atomic E-state index is 12.2. The number of para-hydroxylation sites is 2. The molecule has 3 N–H and O–H groups in total. The lowest BCUT2D eigenvalue weighted by Gasteiger charge is -2.23. The Hall–Kier alpha value is -1.28. The van der Waals surface area contributed by atoms with Crippen molar-refractivity contribution in [2.75, 3.05) is 22.0 Å². The summed E-state index contributed by atoms with van der Waals surface area (Å²) >= 11 is 0. The molecule has 1 fully saturated rings. The van der Waals surface area contributed by atoms with E-state index in [1.54, 1.807) is 24.3 Å². The summed E-state index contributed by atoms with van der Waals surface area (Å²) in [5.74, 6) is -0.161.